The average molecular weight is 318 g/mol. The Morgan fingerprint density at radius 1 is 0.727 bits per heavy atom. The van der Waals surface area contributed by atoms with Crippen molar-refractivity contribution in [3.8, 4) is 0 Å². The Morgan fingerprint density at radius 3 is 1.86 bits per heavy atom. The second-order valence-electron chi connectivity index (χ2n) is 5.10. The van der Waals surface area contributed by atoms with E-state index in [1.165, 1.54) is 21.8 Å². The van der Waals surface area contributed by atoms with Gasteiger partial charge in [0.05, 0.1) is 26.4 Å². The lowest BCUT2D eigenvalue weighted by Gasteiger charge is -2.08. The standard InChI is InChI=1S/C18H20ClNO2/c19-9-11-21-13-14-22-12-10-20-17-7-3-1-5-15(17)16-6-2-4-8-18(16)20/h1-8H,9-14H2. The van der Waals surface area contributed by atoms with Gasteiger partial charge in [-0.3, -0.25) is 0 Å². The highest BCUT2D eigenvalue weighted by atomic mass is 35.5. The van der Waals surface area contributed by atoms with E-state index < -0.39 is 0 Å². The Balaban J connectivity index is 1.70. The molecule has 0 saturated heterocycles. The third kappa shape index (κ3) is 3.27. The summed E-state index contributed by atoms with van der Waals surface area (Å²) >= 11 is 5.55. The van der Waals surface area contributed by atoms with Gasteiger partial charge in [-0.05, 0) is 12.1 Å². The van der Waals surface area contributed by atoms with Crippen LogP contribution in [0.4, 0.5) is 0 Å². The molecule has 0 amide bonds. The van der Waals surface area contributed by atoms with Gasteiger partial charge in [-0.15, -0.1) is 11.6 Å². The quantitative estimate of drug-likeness (QED) is 0.462. The zero-order valence-corrected chi connectivity index (χ0v) is 13.3. The van der Waals surface area contributed by atoms with Crippen molar-refractivity contribution in [3.63, 3.8) is 0 Å². The molecule has 0 unspecified atom stereocenters. The van der Waals surface area contributed by atoms with Crippen molar-refractivity contribution in [2.24, 2.45) is 0 Å². The van der Waals surface area contributed by atoms with Gasteiger partial charge >= 0.3 is 0 Å². The molecule has 22 heavy (non-hydrogen) atoms. The van der Waals surface area contributed by atoms with Crippen LogP contribution in [0.2, 0.25) is 0 Å². The van der Waals surface area contributed by atoms with Crippen LogP contribution in [0.3, 0.4) is 0 Å². The van der Waals surface area contributed by atoms with E-state index in [2.05, 4.69) is 53.1 Å². The van der Waals surface area contributed by atoms with E-state index in [1.807, 2.05) is 0 Å². The van der Waals surface area contributed by atoms with Gasteiger partial charge in [0.1, 0.15) is 0 Å². The van der Waals surface area contributed by atoms with Crippen molar-refractivity contribution in [3.05, 3.63) is 48.5 Å². The minimum atomic E-state index is 0.529. The summed E-state index contributed by atoms with van der Waals surface area (Å²) in [7, 11) is 0. The van der Waals surface area contributed by atoms with Gasteiger partial charge in [0.15, 0.2) is 0 Å². The number of rotatable bonds is 8. The van der Waals surface area contributed by atoms with Crippen LogP contribution >= 0.6 is 11.6 Å². The van der Waals surface area contributed by atoms with Crippen LogP contribution in [-0.2, 0) is 16.0 Å². The Labute approximate surface area is 135 Å². The topological polar surface area (TPSA) is 23.4 Å². The second-order valence-corrected chi connectivity index (χ2v) is 5.48. The highest BCUT2D eigenvalue weighted by Crippen LogP contribution is 2.28. The molecule has 3 rings (SSSR count). The van der Waals surface area contributed by atoms with Crippen molar-refractivity contribution in [1.29, 1.82) is 0 Å². The number of halogens is 1. The molecule has 0 atom stereocenters. The highest BCUT2D eigenvalue weighted by molar-refractivity contribution is 6.17. The maximum absolute atomic E-state index is 5.66. The van der Waals surface area contributed by atoms with E-state index in [4.69, 9.17) is 21.1 Å². The van der Waals surface area contributed by atoms with Gasteiger partial charge in [0, 0.05) is 34.2 Å². The fourth-order valence-electron chi connectivity index (χ4n) is 2.78. The van der Waals surface area contributed by atoms with E-state index in [9.17, 15) is 0 Å². The molecule has 2 aromatic carbocycles. The lowest BCUT2D eigenvalue weighted by atomic mass is 10.2. The zero-order chi connectivity index (χ0) is 15.2. The molecule has 0 spiro atoms. The van der Waals surface area contributed by atoms with Gasteiger partial charge < -0.3 is 14.0 Å². The Hall–Kier alpha value is -1.55. The van der Waals surface area contributed by atoms with Gasteiger partial charge in [0.2, 0.25) is 0 Å². The van der Waals surface area contributed by atoms with Crippen molar-refractivity contribution < 1.29 is 9.47 Å². The van der Waals surface area contributed by atoms with Crippen LogP contribution in [0.5, 0.6) is 0 Å². The van der Waals surface area contributed by atoms with Crippen LogP contribution in [-0.4, -0.2) is 36.9 Å². The normalized spacial score (nSPS) is 11.5. The molecular weight excluding hydrogens is 298 g/mol. The SMILES string of the molecule is ClCCOCCOCCn1c2ccccc2c2ccccc21. The number of para-hydroxylation sites is 2. The molecule has 3 aromatic rings. The van der Waals surface area contributed by atoms with E-state index in [1.54, 1.807) is 0 Å². The zero-order valence-electron chi connectivity index (χ0n) is 12.5. The van der Waals surface area contributed by atoms with Gasteiger partial charge in [0.25, 0.3) is 0 Å². The van der Waals surface area contributed by atoms with E-state index in [0.29, 0.717) is 32.3 Å². The first-order chi connectivity index (χ1) is 10.9. The number of hydrogen-bond donors (Lipinski definition) is 0. The Bertz CT molecular complexity index is 685. The summed E-state index contributed by atoms with van der Waals surface area (Å²) in [5, 5.41) is 2.59. The first-order valence-electron chi connectivity index (χ1n) is 7.59. The molecule has 4 heteroatoms. The lowest BCUT2D eigenvalue weighted by Crippen LogP contribution is -2.10. The summed E-state index contributed by atoms with van der Waals surface area (Å²) in [6.45, 7) is 3.29. The largest absolute Gasteiger partial charge is 0.378 e. The molecule has 3 nitrogen and oxygen atoms in total. The summed E-state index contributed by atoms with van der Waals surface area (Å²) in [5.41, 5.74) is 2.51. The summed E-state index contributed by atoms with van der Waals surface area (Å²) in [5.74, 6) is 0.529. The predicted molar refractivity (Wildman–Crippen MR) is 91.8 cm³/mol. The molecule has 0 saturated carbocycles. The number of hydrogen-bond acceptors (Lipinski definition) is 2. The number of fused-ring (bicyclic) bond motifs is 3. The number of alkyl halides is 1. The first-order valence-corrected chi connectivity index (χ1v) is 8.12. The Kier molecular flexibility index (Phi) is 5.33. The van der Waals surface area contributed by atoms with E-state index >= 15 is 0 Å². The van der Waals surface area contributed by atoms with Crippen molar-refractivity contribution in [2.45, 2.75) is 6.54 Å². The minimum Gasteiger partial charge on any atom is -0.378 e. The molecule has 0 bridgehead atoms. The average Bonchev–Trinajstić information content (AvgIpc) is 2.89. The third-order valence-corrected chi connectivity index (χ3v) is 3.89. The molecule has 0 radical (unpaired) electrons. The third-order valence-electron chi connectivity index (χ3n) is 3.73. The maximum atomic E-state index is 5.66. The van der Waals surface area contributed by atoms with Crippen molar-refractivity contribution >= 4 is 33.4 Å². The molecule has 1 heterocycles. The fraction of sp³-hybridized carbons (Fsp3) is 0.333. The summed E-state index contributed by atoms with van der Waals surface area (Å²) < 4.78 is 13.3. The fourth-order valence-corrected chi connectivity index (χ4v) is 2.89. The summed E-state index contributed by atoms with van der Waals surface area (Å²) in [6.07, 6.45) is 0. The molecule has 0 aliphatic heterocycles. The van der Waals surface area contributed by atoms with Crippen molar-refractivity contribution in [1.82, 2.24) is 4.57 Å². The molecular formula is C18H20ClNO2. The Morgan fingerprint density at radius 2 is 1.27 bits per heavy atom. The van der Waals surface area contributed by atoms with Crippen LogP contribution < -0.4 is 0 Å². The van der Waals surface area contributed by atoms with Crippen LogP contribution in [0.1, 0.15) is 0 Å². The smallest absolute Gasteiger partial charge is 0.0701 e. The molecule has 116 valence electrons. The lowest BCUT2D eigenvalue weighted by molar-refractivity contribution is 0.0510. The number of aromatic nitrogens is 1. The number of nitrogens with zero attached hydrogens (tertiary/aromatic N) is 1. The second kappa shape index (κ2) is 7.63. The molecule has 0 fully saturated rings. The first kappa shape index (κ1) is 15.3. The van der Waals surface area contributed by atoms with Crippen LogP contribution in [0.15, 0.2) is 48.5 Å². The summed E-state index contributed by atoms with van der Waals surface area (Å²) in [6, 6.07) is 17.0. The summed E-state index contributed by atoms with van der Waals surface area (Å²) in [4.78, 5) is 0. The van der Waals surface area contributed by atoms with Crippen molar-refractivity contribution in [2.75, 3.05) is 32.3 Å². The van der Waals surface area contributed by atoms with Gasteiger partial charge in [-0.2, -0.15) is 0 Å². The van der Waals surface area contributed by atoms with Crippen LogP contribution in [0.25, 0.3) is 21.8 Å². The van der Waals surface area contributed by atoms with Gasteiger partial charge in [-0.25, -0.2) is 0 Å². The predicted octanol–water partition coefficient (Wildman–Crippen LogP) is 4.07. The monoisotopic (exact) mass is 317 g/mol. The highest BCUT2D eigenvalue weighted by Gasteiger charge is 2.08. The number of benzene rings is 2. The van der Waals surface area contributed by atoms with Crippen LogP contribution in [0, 0.1) is 0 Å². The molecule has 0 aliphatic rings. The molecule has 0 N–H and O–H groups in total. The maximum Gasteiger partial charge on any atom is 0.0701 e. The molecule has 1 aromatic heterocycles. The molecule has 0 aliphatic carbocycles. The minimum absolute atomic E-state index is 0.529. The van der Waals surface area contributed by atoms with E-state index in [0.717, 1.165) is 6.54 Å². The van der Waals surface area contributed by atoms with E-state index in [-0.39, 0.29) is 0 Å². The van der Waals surface area contributed by atoms with Gasteiger partial charge in [-0.1, -0.05) is 36.4 Å². The number of ether oxygens (including phenoxy) is 2.